The summed E-state index contributed by atoms with van der Waals surface area (Å²) in [6.07, 6.45) is 2.51. The number of carbonyl (C=O) groups is 2. The minimum atomic E-state index is -0.491. The van der Waals surface area contributed by atoms with E-state index >= 15 is 0 Å². The van der Waals surface area contributed by atoms with E-state index in [1.165, 1.54) is 0 Å². The van der Waals surface area contributed by atoms with Crippen molar-refractivity contribution >= 4 is 39.5 Å². The summed E-state index contributed by atoms with van der Waals surface area (Å²) >= 11 is 5.01. The molecule has 2 aromatic rings. The van der Waals surface area contributed by atoms with E-state index in [1.807, 2.05) is 55.5 Å². The van der Waals surface area contributed by atoms with E-state index in [0.717, 1.165) is 39.9 Å². The van der Waals surface area contributed by atoms with Crippen LogP contribution >= 0.6 is 27.7 Å². The highest BCUT2D eigenvalue weighted by atomic mass is 79.9. The van der Waals surface area contributed by atoms with Gasteiger partial charge in [-0.25, -0.2) is 0 Å². The van der Waals surface area contributed by atoms with E-state index in [9.17, 15) is 9.59 Å². The van der Waals surface area contributed by atoms with Crippen molar-refractivity contribution in [2.24, 2.45) is 0 Å². The van der Waals surface area contributed by atoms with Crippen LogP contribution in [0.15, 0.2) is 53.0 Å². The van der Waals surface area contributed by atoms with Crippen LogP contribution < -0.4 is 10.1 Å². The number of ether oxygens (including phenoxy) is 1. The third-order valence-corrected chi connectivity index (χ3v) is 6.65. The number of amides is 2. The first-order valence-electron chi connectivity index (χ1n) is 11.0. The lowest BCUT2D eigenvalue weighted by Crippen LogP contribution is -2.49. The summed E-state index contributed by atoms with van der Waals surface area (Å²) in [4.78, 5) is 27.8. The number of nitrogens with one attached hydrogen (secondary N) is 1. The minimum absolute atomic E-state index is 0.0274. The molecule has 0 bridgehead atoms. The van der Waals surface area contributed by atoms with E-state index in [-0.39, 0.29) is 11.8 Å². The summed E-state index contributed by atoms with van der Waals surface area (Å²) in [6, 6.07) is 15.2. The number of benzene rings is 2. The number of halogens is 1. The maximum absolute atomic E-state index is 13.2. The minimum Gasteiger partial charge on any atom is -0.497 e. The fourth-order valence-electron chi connectivity index (χ4n) is 3.27. The summed E-state index contributed by atoms with van der Waals surface area (Å²) in [5.74, 6) is 1.72. The zero-order valence-corrected chi connectivity index (χ0v) is 21.5. The van der Waals surface area contributed by atoms with Gasteiger partial charge in [0.25, 0.3) is 0 Å². The zero-order chi connectivity index (χ0) is 23.3. The summed E-state index contributed by atoms with van der Waals surface area (Å²) in [6.45, 7) is 5.06. The number of hydrogen-bond donors (Lipinski definition) is 1. The third kappa shape index (κ3) is 8.51. The Hall–Kier alpha value is -1.99. The maximum atomic E-state index is 13.2. The van der Waals surface area contributed by atoms with Gasteiger partial charge in [0.05, 0.1) is 12.9 Å². The van der Waals surface area contributed by atoms with Crippen molar-refractivity contribution in [3.63, 3.8) is 0 Å². The molecule has 0 fully saturated rings. The molecule has 0 aliphatic heterocycles. The van der Waals surface area contributed by atoms with Crippen molar-refractivity contribution in [2.45, 2.75) is 51.4 Å². The van der Waals surface area contributed by atoms with Crippen LogP contribution in [0.3, 0.4) is 0 Å². The van der Waals surface area contributed by atoms with Gasteiger partial charge in [0.1, 0.15) is 11.8 Å². The lowest BCUT2D eigenvalue weighted by Gasteiger charge is -2.30. The van der Waals surface area contributed by atoms with Gasteiger partial charge in [0.2, 0.25) is 11.8 Å². The SMILES string of the molecule is CCCCNC(=O)C(CC)N(Cc1ccc(OC)cc1)C(=O)CSCc1ccc(Br)cc1. The molecule has 1 N–H and O–H groups in total. The van der Waals surface area contributed by atoms with E-state index in [0.29, 0.717) is 25.3 Å². The Kier molecular flexibility index (Phi) is 11.7. The average molecular weight is 522 g/mol. The van der Waals surface area contributed by atoms with Crippen LogP contribution in [-0.2, 0) is 21.9 Å². The van der Waals surface area contributed by atoms with Crippen LogP contribution in [0.2, 0.25) is 0 Å². The Morgan fingerprint density at radius 3 is 2.31 bits per heavy atom. The zero-order valence-electron chi connectivity index (χ0n) is 19.1. The molecule has 174 valence electrons. The normalized spacial score (nSPS) is 11.6. The number of rotatable bonds is 13. The van der Waals surface area contributed by atoms with E-state index in [4.69, 9.17) is 4.74 Å². The summed E-state index contributed by atoms with van der Waals surface area (Å²) in [7, 11) is 1.63. The van der Waals surface area contributed by atoms with Crippen LogP contribution in [0.1, 0.15) is 44.2 Å². The molecule has 0 heterocycles. The third-order valence-electron chi connectivity index (χ3n) is 5.13. The first kappa shape index (κ1) is 26.3. The smallest absolute Gasteiger partial charge is 0.242 e. The molecule has 7 heteroatoms. The van der Waals surface area contributed by atoms with Crippen LogP contribution in [-0.4, -0.2) is 42.2 Å². The average Bonchev–Trinajstić information content (AvgIpc) is 2.80. The quantitative estimate of drug-likeness (QED) is 0.358. The largest absolute Gasteiger partial charge is 0.497 e. The number of methoxy groups -OCH3 is 1. The Bertz CT molecular complexity index is 843. The Morgan fingerprint density at radius 1 is 1.06 bits per heavy atom. The van der Waals surface area contributed by atoms with Gasteiger partial charge in [0.15, 0.2) is 0 Å². The second-order valence-corrected chi connectivity index (χ2v) is 9.46. The van der Waals surface area contributed by atoms with Crippen molar-refractivity contribution < 1.29 is 14.3 Å². The second kappa shape index (κ2) is 14.2. The highest BCUT2D eigenvalue weighted by Crippen LogP contribution is 2.20. The molecule has 1 unspecified atom stereocenters. The van der Waals surface area contributed by atoms with Gasteiger partial charge in [-0.15, -0.1) is 11.8 Å². The highest BCUT2D eigenvalue weighted by Gasteiger charge is 2.28. The van der Waals surface area contributed by atoms with Gasteiger partial charge in [0, 0.05) is 23.3 Å². The molecular formula is C25H33BrN2O3S. The first-order chi connectivity index (χ1) is 15.5. The molecule has 0 saturated heterocycles. The van der Waals surface area contributed by atoms with Crippen molar-refractivity contribution in [1.82, 2.24) is 10.2 Å². The Labute approximate surface area is 204 Å². The molecule has 2 amide bonds. The number of unbranched alkanes of at least 4 members (excludes halogenated alkanes) is 1. The molecule has 2 rings (SSSR count). The van der Waals surface area contributed by atoms with Crippen LogP contribution in [0.25, 0.3) is 0 Å². The van der Waals surface area contributed by atoms with Gasteiger partial charge < -0.3 is 15.0 Å². The molecule has 1 atom stereocenters. The highest BCUT2D eigenvalue weighted by molar-refractivity contribution is 9.10. The monoisotopic (exact) mass is 520 g/mol. The van der Waals surface area contributed by atoms with Crippen LogP contribution in [0, 0.1) is 0 Å². The maximum Gasteiger partial charge on any atom is 0.242 e. The van der Waals surface area contributed by atoms with Gasteiger partial charge in [-0.05, 0) is 48.2 Å². The van der Waals surface area contributed by atoms with Gasteiger partial charge >= 0.3 is 0 Å². The fraction of sp³-hybridized carbons (Fsp3) is 0.440. The Balaban J connectivity index is 2.09. The molecule has 0 spiro atoms. The van der Waals surface area contributed by atoms with E-state index in [2.05, 4.69) is 28.2 Å². The molecule has 32 heavy (non-hydrogen) atoms. The van der Waals surface area contributed by atoms with Gasteiger partial charge in [-0.3, -0.25) is 9.59 Å². The number of hydrogen-bond acceptors (Lipinski definition) is 4. The lowest BCUT2D eigenvalue weighted by molar-refractivity contribution is -0.139. The van der Waals surface area contributed by atoms with Crippen molar-refractivity contribution in [1.29, 1.82) is 0 Å². The standard InChI is InChI=1S/C25H33BrN2O3S/c1-4-6-15-27-25(30)23(5-2)28(16-19-9-13-22(31-3)14-10-19)24(29)18-32-17-20-7-11-21(26)12-8-20/h7-14,23H,4-6,15-18H2,1-3H3,(H,27,30). The number of thioether (sulfide) groups is 1. The molecule has 0 aromatic heterocycles. The fourth-order valence-corrected chi connectivity index (χ4v) is 4.41. The molecule has 0 saturated carbocycles. The van der Waals surface area contributed by atoms with E-state index < -0.39 is 6.04 Å². The predicted molar refractivity (Wildman–Crippen MR) is 136 cm³/mol. The molecule has 5 nitrogen and oxygen atoms in total. The van der Waals surface area contributed by atoms with Gasteiger partial charge in [-0.1, -0.05) is 60.5 Å². The number of nitrogens with zero attached hydrogens (tertiary/aromatic N) is 1. The molecule has 0 radical (unpaired) electrons. The van der Waals surface area contributed by atoms with Crippen molar-refractivity contribution in [3.8, 4) is 5.75 Å². The van der Waals surface area contributed by atoms with Crippen molar-refractivity contribution in [3.05, 3.63) is 64.1 Å². The van der Waals surface area contributed by atoms with Crippen LogP contribution in [0.4, 0.5) is 0 Å². The predicted octanol–water partition coefficient (Wildman–Crippen LogP) is 5.41. The molecule has 0 aliphatic rings. The molecule has 0 aliphatic carbocycles. The molecular weight excluding hydrogens is 488 g/mol. The Morgan fingerprint density at radius 2 is 1.72 bits per heavy atom. The summed E-state index contributed by atoms with van der Waals surface area (Å²) < 4.78 is 6.27. The first-order valence-corrected chi connectivity index (χ1v) is 13.0. The van der Waals surface area contributed by atoms with Gasteiger partial charge in [-0.2, -0.15) is 0 Å². The van der Waals surface area contributed by atoms with Crippen LogP contribution in [0.5, 0.6) is 5.75 Å². The summed E-state index contributed by atoms with van der Waals surface area (Å²) in [5.41, 5.74) is 2.13. The van der Waals surface area contributed by atoms with E-state index in [1.54, 1.807) is 23.8 Å². The summed E-state index contributed by atoms with van der Waals surface area (Å²) in [5, 5.41) is 3.00. The molecule has 2 aromatic carbocycles. The second-order valence-electron chi connectivity index (χ2n) is 7.56. The van der Waals surface area contributed by atoms with Crippen molar-refractivity contribution in [2.75, 3.05) is 19.4 Å². The lowest BCUT2D eigenvalue weighted by atomic mass is 10.1. The number of carbonyl (C=O) groups excluding carboxylic acids is 2. The topological polar surface area (TPSA) is 58.6 Å².